The molecule has 12 heavy (non-hydrogen) atoms. The standard InChI is InChI=1S/C6H4ClNO3S/c7-12(11)4-1-2-5(8(9)10)6(12)3-4/h1-3,12H. The highest BCUT2D eigenvalue weighted by Gasteiger charge is 2.35. The average molecular weight is 206 g/mol. The van der Waals surface area contributed by atoms with Crippen molar-refractivity contribution in [1.29, 1.82) is 0 Å². The Labute approximate surface area is 73.2 Å². The Bertz CT molecular complexity index is 422. The molecule has 1 aromatic carbocycles. The second-order valence-corrected chi connectivity index (χ2v) is 5.95. The summed E-state index contributed by atoms with van der Waals surface area (Å²) in [7, 11) is 2.58. The van der Waals surface area contributed by atoms with Gasteiger partial charge in [-0.1, -0.05) is 0 Å². The van der Waals surface area contributed by atoms with E-state index >= 15 is 0 Å². The van der Waals surface area contributed by atoms with Gasteiger partial charge < -0.3 is 0 Å². The quantitative estimate of drug-likeness (QED) is 0.327. The summed E-state index contributed by atoms with van der Waals surface area (Å²) in [6, 6.07) is 4.24. The van der Waals surface area contributed by atoms with Crippen molar-refractivity contribution in [2.45, 2.75) is 9.79 Å². The van der Waals surface area contributed by atoms with Crippen LogP contribution in [0.5, 0.6) is 0 Å². The Morgan fingerprint density at radius 3 is 2.50 bits per heavy atom. The van der Waals surface area contributed by atoms with E-state index in [9.17, 15) is 14.3 Å². The van der Waals surface area contributed by atoms with Crippen LogP contribution in [-0.4, -0.2) is 9.13 Å². The zero-order chi connectivity index (χ0) is 8.93. The molecule has 64 valence electrons. The zero-order valence-corrected chi connectivity index (χ0v) is 7.38. The van der Waals surface area contributed by atoms with Gasteiger partial charge in [-0.2, -0.15) is 0 Å². The van der Waals surface area contributed by atoms with Crippen molar-refractivity contribution >= 4 is 25.5 Å². The number of hydrogen-bond acceptors (Lipinski definition) is 3. The number of nitro benzene ring substituents is 1. The maximum Gasteiger partial charge on any atom is 0.284 e. The Morgan fingerprint density at radius 1 is 1.50 bits per heavy atom. The van der Waals surface area contributed by atoms with Gasteiger partial charge in [-0.3, -0.25) is 14.3 Å². The SMILES string of the molecule is O=[N+]([O-])c1ccc2cc1[SH]2(=O)Cl. The first-order valence-electron chi connectivity index (χ1n) is 3.13. The van der Waals surface area contributed by atoms with E-state index in [0.29, 0.717) is 4.90 Å². The van der Waals surface area contributed by atoms with Crippen LogP contribution in [0.15, 0.2) is 28.0 Å². The van der Waals surface area contributed by atoms with Gasteiger partial charge in [0.05, 0.1) is 4.92 Å². The molecule has 2 bridgehead atoms. The molecule has 0 saturated carbocycles. The summed E-state index contributed by atoms with van der Waals surface area (Å²) in [6.45, 7) is 0. The third kappa shape index (κ3) is 0.748. The molecule has 0 unspecified atom stereocenters. The zero-order valence-electron chi connectivity index (χ0n) is 5.73. The van der Waals surface area contributed by atoms with E-state index in [-0.39, 0.29) is 10.6 Å². The maximum absolute atomic E-state index is 11.4. The molecule has 2 aliphatic rings. The van der Waals surface area contributed by atoms with Crippen molar-refractivity contribution in [2.75, 3.05) is 0 Å². The number of benzene rings is 1. The molecule has 0 atom stereocenters. The van der Waals surface area contributed by atoms with E-state index in [0.717, 1.165) is 0 Å². The highest BCUT2D eigenvalue weighted by Crippen LogP contribution is 2.47. The summed E-state index contributed by atoms with van der Waals surface area (Å²) < 4.78 is 11.4. The molecule has 0 N–H and O–H groups in total. The normalized spacial score (nSPS) is 19.4. The number of nitro groups is 1. The number of thiol groups is 1. The molecule has 4 nitrogen and oxygen atoms in total. The minimum absolute atomic E-state index is 0.150. The van der Waals surface area contributed by atoms with Gasteiger partial charge in [-0.15, -0.1) is 0 Å². The molecule has 0 aliphatic carbocycles. The number of halogens is 1. The summed E-state index contributed by atoms with van der Waals surface area (Å²) >= 11 is 0. The summed E-state index contributed by atoms with van der Waals surface area (Å²) in [5.41, 5.74) is -0.150. The largest absolute Gasteiger partial charge is 0.284 e. The third-order valence-electron chi connectivity index (χ3n) is 1.80. The predicted molar refractivity (Wildman–Crippen MR) is 45.0 cm³/mol. The number of nitrogens with zero attached hydrogens (tertiary/aromatic N) is 1. The first-order valence-corrected chi connectivity index (χ1v) is 5.74. The van der Waals surface area contributed by atoms with Crippen molar-refractivity contribution in [2.24, 2.45) is 0 Å². The fraction of sp³-hybridized carbons (Fsp3) is 0. The van der Waals surface area contributed by atoms with Gasteiger partial charge in [0.15, 0.2) is 0 Å². The molecule has 3 rings (SSSR count). The third-order valence-corrected chi connectivity index (χ3v) is 4.85. The molecule has 2 aliphatic heterocycles. The van der Waals surface area contributed by atoms with Gasteiger partial charge in [0, 0.05) is 20.1 Å². The van der Waals surface area contributed by atoms with Crippen LogP contribution in [-0.2, 0) is 9.15 Å². The lowest BCUT2D eigenvalue weighted by atomic mass is 10.3. The minimum atomic E-state index is -3.01. The van der Waals surface area contributed by atoms with Gasteiger partial charge in [0.1, 0.15) is 4.90 Å². The van der Waals surface area contributed by atoms with Crippen LogP contribution in [0.25, 0.3) is 0 Å². The Kier molecular flexibility index (Phi) is 1.32. The molecule has 2 heterocycles. The lowest BCUT2D eigenvalue weighted by molar-refractivity contribution is -0.388. The van der Waals surface area contributed by atoms with Crippen molar-refractivity contribution in [3.05, 3.63) is 28.3 Å². The predicted octanol–water partition coefficient (Wildman–Crippen LogP) is 1.50. The first kappa shape index (κ1) is 7.70. The minimum Gasteiger partial charge on any atom is -0.261 e. The molecule has 6 heteroatoms. The fourth-order valence-electron chi connectivity index (χ4n) is 1.15. The van der Waals surface area contributed by atoms with Crippen molar-refractivity contribution < 1.29 is 9.13 Å². The molecular weight excluding hydrogens is 202 g/mol. The molecule has 0 fully saturated rings. The highest BCUT2D eigenvalue weighted by atomic mass is 35.7. The van der Waals surface area contributed by atoms with Crippen LogP contribution in [0.1, 0.15) is 0 Å². The van der Waals surface area contributed by atoms with Crippen molar-refractivity contribution in [3.63, 3.8) is 0 Å². The average Bonchev–Trinajstić information content (AvgIpc) is 2.04. The summed E-state index contributed by atoms with van der Waals surface area (Å²) in [5.74, 6) is 0. The van der Waals surface area contributed by atoms with Crippen LogP contribution in [0.3, 0.4) is 0 Å². The fourth-order valence-corrected chi connectivity index (χ4v) is 3.26. The van der Waals surface area contributed by atoms with Gasteiger partial charge in [-0.25, -0.2) is 0 Å². The Hall–Kier alpha value is -0.940. The summed E-state index contributed by atoms with van der Waals surface area (Å²) in [4.78, 5) is 10.5. The lowest BCUT2D eigenvalue weighted by Crippen LogP contribution is -2.16. The first-order chi connectivity index (χ1) is 5.53. The summed E-state index contributed by atoms with van der Waals surface area (Å²) in [5, 5.41) is 10.4. The second-order valence-electron chi connectivity index (χ2n) is 2.46. The molecule has 0 aromatic heterocycles. The second kappa shape index (κ2) is 2.05. The molecule has 0 spiro atoms. The van der Waals surface area contributed by atoms with Gasteiger partial charge >= 0.3 is 0 Å². The maximum atomic E-state index is 11.4. The van der Waals surface area contributed by atoms with Gasteiger partial charge in [-0.05, 0) is 22.8 Å². The van der Waals surface area contributed by atoms with E-state index in [1.807, 2.05) is 0 Å². The highest BCUT2D eigenvalue weighted by molar-refractivity contribution is 8.24. The van der Waals surface area contributed by atoms with Crippen molar-refractivity contribution in [1.82, 2.24) is 0 Å². The van der Waals surface area contributed by atoms with E-state index in [2.05, 4.69) is 0 Å². The van der Waals surface area contributed by atoms with Crippen molar-refractivity contribution in [3.8, 4) is 0 Å². The molecule has 0 saturated heterocycles. The molecule has 1 aromatic rings. The Morgan fingerprint density at radius 2 is 2.17 bits per heavy atom. The van der Waals surface area contributed by atoms with Crippen LogP contribution in [0.2, 0.25) is 0 Å². The van der Waals surface area contributed by atoms with Crippen LogP contribution in [0, 0.1) is 10.1 Å². The topological polar surface area (TPSA) is 60.2 Å². The molecule has 0 radical (unpaired) electrons. The van der Waals surface area contributed by atoms with Gasteiger partial charge in [0.25, 0.3) is 5.69 Å². The van der Waals surface area contributed by atoms with E-state index in [1.165, 1.54) is 18.2 Å². The number of rotatable bonds is 1. The summed E-state index contributed by atoms with van der Waals surface area (Å²) in [6.07, 6.45) is 0. The van der Waals surface area contributed by atoms with Crippen LogP contribution >= 0.6 is 10.7 Å². The monoisotopic (exact) mass is 205 g/mol. The van der Waals surface area contributed by atoms with E-state index in [4.69, 9.17) is 10.7 Å². The van der Waals surface area contributed by atoms with Gasteiger partial charge in [0.2, 0.25) is 0 Å². The smallest absolute Gasteiger partial charge is 0.261 e. The van der Waals surface area contributed by atoms with Crippen LogP contribution < -0.4 is 0 Å². The van der Waals surface area contributed by atoms with E-state index in [1.54, 1.807) is 0 Å². The molecular formula is C6H4ClNO3S. The number of hydrogen-bond donors (Lipinski definition) is 1. The Balaban J connectivity index is 2.69. The van der Waals surface area contributed by atoms with E-state index < -0.39 is 14.1 Å². The lowest BCUT2D eigenvalue weighted by Gasteiger charge is -2.25. The number of fused-ring (bicyclic) bond motifs is 2. The van der Waals surface area contributed by atoms with Crippen LogP contribution in [0.4, 0.5) is 5.69 Å². The molecule has 0 amide bonds.